The molecule has 0 saturated carbocycles. The highest BCUT2D eigenvalue weighted by atomic mass is 35.5. The first-order valence-electron chi connectivity index (χ1n) is 6.10. The SMILES string of the molecule is CCNCc1nnnn1CCc1ccc(Cl)cc1Cl. The van der Waals surface area contributed by atoms with E-state index < -0.39 is 0 Å². The first-order chi connectivity index (χ1) is 9.20. The third kappa shape index (κ3) is 3.89. The van der Waals surface area contributed by atoms with Crippen LogP contribution >= 0.6 is 23.2 Å². The normalized spacial score (nSPS) is 10.9. The lowest BCUT2D eigenvalue weighted by Crippen LogP contribution is -2.17. The summed E-state index contributed by atoms with van der Waals surface area (Å²) in [4.78, 5) is 0. The topological polar surface area (TPSA) is 55.6 Å². The van der Waals surface area contributed by atoms with Gasteiger partial charge in [-0.25, -0.2) is 4.68 Å². The van der Waals surface area contributed by atoms with E-state index in [1.807, 2.05) is 19.1 Å². The van der Waals surface area contributed by atoms with Crippen molar-refractivity contribution in [2.45, 2.75) is 26.4 Å². The molecule has 0 unspecified atom stereocenters. The second kappa shape index (κ2) is 6.84. The molecule has 0 saturated heterocycles. The standard InChI is InChI=1S/C12H15Cl2N5/c1-2-15-8-12-16-17-18-19(12)6-5-9-3-4-10(13)7-11(9)14/h3-4,7,15H,2,5-6,8H2,1H3. The Morgan fingerprint density at radius 2 is 2.16 bits per heavy atom. The van der Waals surface area contributed by atoms with Crippen LogP contribution in [0.1, 0.15) is 18.3 Å². The van der Waals surface area contributed by atoms with Crippen LogP contribution in [0.3, 0.4) is 0 Å². The van der Waals surface area contributed by atoms with Crippen LogP contribution < -0.4 is 5.32 Å². The van der Waals surface area contributed by atoms with E-state index in [1.165, 1.54) is 0 Å². The molecule has 5 nitrogen and oxygen atoms in total. The van der Waals surface area contributed by atoms with E-state index in [9.17, 15) is 0 Å². The number of rotatable bonds is 6. The Hall–Kier alpha value is -1.17. The lowest BCUT2D eigenvalue weighted by molar-refractivity contribution is 0.546. The number of aryl methyl sites for hydroxylation is 2. The molecule has 0 fully saturated rings. The highest BCUT2D eigenvalue weighted by molar-refractivity contribution is 6.35. The molecule has 0 radical (unpaired) electrons. The minimum absolute atomic E-state index is 0.643. The van der Waals surface area contributed by atoms with E-state index in [1.54, 1.807) is 10.7 Å². The van der Waals surface area contributed by atoms with Crippen molar-refractivity contribution in [2.24, 2.45) is 0 Å². The zero-order chi connectivity index (χ0) is 13.7. The Bertz CT molecular complexity index is 541. The molecule has 1 aromatic carbocycles. The van der Waals surface area contributed by atoms with Gasteiger partial charge in [-0.3, -0.25) is 0 Å². The number of hydrogen-bond acceptors (Lipinski definition) is 4. The molecule has 0 aliphatic heterocycles. The van der Waals surface area contributed by atoms with Gasteiger partial charge in [0.2, 0.25) is 0 Å². The van der Waals surface area contributed by atoms with Crippen LogP contribution in [0.4, 0.5) is 0 Å². The van der Waals surface area contributed by atoms with E-state index in [4.69, 9.17) is 23.2 Å². The van der Waals surface area contributed by atoms with Gasteiger partial charge < -0.3 is 5.32 Å². The van der Waals surface area contributed by atoms with Crippen molar-refractivity contribution in [2.75, 3.05) is 6.54 Å². The van der Waals surface area contributed by atoms with Crippen molar-refractivity contribution in [3.63, 3.8) is 0 Å². The van der Waals surface area contributed by atoms with Gasteiger partial charge in [-0.2, -0.15) is 0 Å². The second-order valence-corrected chi connectivity index (χ2v) is 4.93. The quantitative estimate of drug-likeness (QED) is 0.889. The van der Waals surface area contributed by atoms with Gasteiger partial charge in [0.15, 0.2) is 5.82 Å². The van der Waals surface area contributed by atoms with Gasteiger partial charge in [-0.1, -0.05) is 36.2 Å². The van der Waals surface area contributed by atoms with Gasteiger partial charge >= 0.3 is 0 Å². The van der Waals surface area contributed by atoms with Gasteiger partial charge in [0.1, 0.15) is 0 Å². The predicted octanol–water partition coefficient (Wildman–Crippen LogP) is 2.33. The fraction of sp³-hybridized carbons (Fsp3) is 0.417. The number of nitrogens with zero attached hydrogens (tertiary/aromatic N) is 4. The molecule has 1 heterocycles. The summed E-state index contributed by atoms with van der Waals surface area (Å²) in [5.74, 6) is 0.826. The first kappa shape index (κ1) is 14.2. The lowest BCUT2D eigenvalue weighted by Gasteiger charge is -2.07. The summed E-state index contributed by atoms with van der Waals surface area (Å²) in [6, 6.07) is 5.51. The molecule has 0 bridgehead atoms. The summed E-state index contributed by atoms with van der Waals surface area (Å²) in [7, 11) is 0. The molecule has 1 N–H and O–H groups in total. The fourth-order valence-electron chi connectivity index (χ4n) is 1.71. The highest BCUT2D eigenvalue weighted by Gasteiger charge is 2.07. The smallest absolute Gasteiger partial charge is 0.165 e. The molecule has 2 aromatic rings. The van der Waals surface area contributed by atoms with Crippen molar-refractivity contribution in [3.05, 3.63) is 39.6 Å². The number of aromatic nitrogens is 4. The summed E-state index contributed by atoms with van der Waals surface area (Å²) in [5.41, 5.74) is 1.04. The van der Waals surface area contributed by atoms with Crippen LogP contribution in [-0.4, -0.2) is 26.8 Å². The number of benzene rings is 1. The number of halogens is 2. The van der Waals surface area contributed by atoms with Gasteiger partial charge in [0.05, 0.1) is 6.54 Å². The van der Waals surface area contributed by atoms with E-state index in [2.05, 4.69) is 20.8 Å². The van der Waals surface area contributed by atoms with Crippen molar-refractivity contribution < 1.29 is 0 Å². The molecule has 19 heavy (non-hydrogen) atoms. The maximum Gasteiger partial charge on any atom is 0.165 e. The first-order valence-corrected chi connectivity index (χ1v) is 6.86. The van der Waals surface area contributed by atoms with Crippen LogP contribution in [-0.2, 0) is 19.5 Å². The van der Waals surface area contributed by atoms with Crippen LogP contribution in [0, 0.1) is 0 Å². The summed E-state index contributed by atoms with van der Waals surface area (Å²) >= 11 is 12.0. The molecule has 0 atom stereocenters. The highest BCUT2D eigenvalue weighted by Crippen LogP contribution is 2.21. The largest absolute Gasteiger partial charge is 0.310 e. The summed E-state index contributed by atoms with van der Waals surface area (Å²) in [5, 5.41) is 16.2. The minimum atomic E-state index is 0.643. The van der Waals surface area contributed by atoms with Crippen LogP contribution in [0.15, 0.2) is 18.2 Å². The average Bonchev–Trinajstić information content (AvgIpc) is 2.83. The molecule has 102 valence electrons. The van der Waals surface area contributed by atoms with Gasteiger partial charge in [-0.05, 0) is 41.1 Å². The number of nitrogens with one attached hydrogen (secondary N) is 1. The zero-order valence-corrected chi connectivity index (χ0v) is 12.1. The average molecular weight is 300 g/mol. The molecule has 0 spiro atoms. The van der Waals surface area contributed by atoms with E-state index in [0.29, 0.717) is 23.1 Å². The second-order valence-electron chi connectivity index (χ2n) is 4.08. The van der Waals surface area contributed by atoms with E-state index >= 15 is 0 Å². The monoisotopic (exact) mass is 299 g/mol. The number of hydrogen-bond donors (Lipinski definition) is 1. The van der Waals surface area contributed by atoms with E-state index in [0.717, 1.165) is 24.4 Å². The Morgan fingerprint density at radius 1 is 1.32 bits per heavy atom. The van der Waals surface area contributed by atoms with Crippen LogP contribution in [0.2, 0.25) is 10.0 Å². The van der Waals surface area contributed by atoms with Crippen LogP contribution in [0.25, 0.3) is 0 Å². The maximum absolute atomic E-state index is 6.14. The third-order valence-electron chi connectivity index (χ3n) is 2.75. The summed E-state index contributed by atoms with van der Waals surface area (Å²) in [6.45, 7) is 4.28. The Labute approximate surface area is 121 Å². The van der Waals surface area contributed by atoms with Crippen molar-refractivity contribution in [1.29, 1.82) is 0 Å². The number of tetrazole rings is 1. The molecular formula is C12H15Cl2N5. The molecule has 0 aliphatic rings. The lowest BCUT2D eigenvalue weighted by atomic mass is 10.1. The molecule has 0 amide bonds. The van der Waals surface area contributed by atoms with E-state index in [-0.39, 0.29) is 0 Å². The van der Waals surface area contributed by atoms with Gasteiger partial charge in [0, 0.05) is 16.6 Å². The molecule has 1 aromatic heterocycles. The molecule has 0 aliphatic carbocycles. The van der Waals surface area contributed by atoms with Gasteiger partial charge in [-0.15, -0.1) is 5.10 Å². The summed E-state index contributed by atoms with van der Waals surface area (Å²) < 4.78 is 1.79. The Balaban J connectivity index is 2.00. The molecule has 7 heteroatoms. The minimum Gasteiger partial charge on any atom is -0.310 e. The third-order valence-corrected chi connectivity index (χ3v) is 3.33. The predicted molar refractivity (Wildman–Crippen MR) is 75.4 cm³/mol. The fourth-order valence-corrected chi connectivity index (χ4v) is 2.21. The summed E-state index contributed by atoms with van der Waals surface area (Å²) in [6.07, 6.45) is 0.764. The van der Waals surface area contributed by atoms with Crippen molar-refractivity contribution in [3.8, 4) is 0 Å². The van der Waals surface area contributed by atoms with Crippen molar-refractivity contribution >= 4 is 23.2 Å². The van der Waals surface area contributed by atoms with Gasteiger partial charge in [0.25, 0.3) is 0 Å². The Kier molecular flexibility index (Phi) is 5.13. The van der Waals surface area contributed by atoms with Crippen LogP contribution in [0.5, 0.6) is 0 Å². The zero-order valence-electron chi connectivity index (χ0n) is 10.6. The maximum atomic E-state index is 6.14. The Morgan fingerprint density at radius 3 is 2.89 bits per heavy atom. The van der Waals surface area contributed by atoms with Crippen molar-refractivity contribution in [1.82, 2.24) is 25.5 Å². The molecule has 2 rings (SSSR count). The molecular weight excluding hydrogens is 285 g/mol.